The van der Waals surface area contributed by atoms with Crippen molar-refractivity contribution in [2.24, 2.45) is 0 Å². The number of carboxylic acids is 1. The summed E-state index contributed by atoms with van der Waals surface area (Å²) in [7, 11) is -3.70. The summed E-state index contributed by atoms with van der Waals surface area (Å²) in [5.41, 5.74) is 0. The van der Waals surface area contributed by atoms with Gasteiger partial charge in [-0.15, -0.1) is 6.58 Å². The third kappa shape index (κ3) is 4.35. The average Bonchev–Trinajstić information content (AvgIpc) is 2.02. The number of carbonyl (C=O) groups is 1. The highest BCUT2D eigenvalue weighted by atomic mass is 32.2. The average molecular weight is 222 g/mol. The van der Waals surface area contributed by atoms with Crippen molar-refractivity contribution >= 4 is 16.2 Å². The fourth-order valence-electron chi connectivity index (χ4n) is 0.816. The monoisotopic (exact) mass is 222 g/mol. The Morgan fingerprint density at radius 3 is 2.57 bits per heavy atom. The van der Waals surface area contributed by atoms with Crippen LogP contribution in [-0.4, -0.2) is 43.4 Å². The summed E-state index contributed by atoms with van der Waals surface area (Å²) >= 11 is 0. The Balaban J connectivity index is 4.62. The molecule has 0 bridgehead atoms. The third-order valence-electron chi connectivity index (χ3n) is 1.31. The van der Waals surface area contributed by atoms with Crippen molar-refractivity contribution in [3.63, 3.8) is 0 Å². The summed E-state index contributed by atoms with van der Waals surface area (Å²) in [6.07, 6.45) is 1.33. The second kappa shape index (κ2) is 5.74. The lowest BCUT2D eigenvalue weighted by atomic mass is 10.6. The highest BCUT2D eigenvalue weighted by Gasteiger charge is 2.21. The van der Waals surface area contributed by atoms with Crippen molar-refractivity contribution in [3.05, 3.63) is 12.7 Å². The van der Waals surface area contributed by atoms with Crippen LogP contribution in [0.2, 0.25) is 0 Å². The molecule has 0 radical (unpaired) electrons. The van der Waals surface area contributed by atoms with Gasteiger partial charge in [0.05, 0.1) is 0 Å². The maximum absolute atomic E-state index is 11.4. The van der Waals surface area contributed by atoms with E-state index in [9.17, 15) is 13.2 Å². The largest absolute Gasteiger partial charge is 0.480 e. The zero-order valence-electron chi connectivity index (χ0n) is 7.93. The van der Waals surface area contributed by atoms with E-state index in [2.05, 4.69) is 11.3 Å². The molecular weight excluding hydrogens is 208 g/mol. The summed E-state index contributed by atoms with van der Waals surface area (Å²) in [4.78, 5) is 10.4. The van der Waals surface area contributed by atoms with E-state index in [1.807, 2.05) is 0 Å². The fraction of sp³-hybridized carbons (Fsp3) is 0.571. The van der Waals surface area contributed by atoms with Crippen LogP contribution in [0.3, 0.4) is 0 Å². The molecule has 0 aliphatic carbocycles. The van der Waals surface area contributed by atoms with E-state index in [0.29, 0.717) is 0 Å². The molecule has 14 heavy (non-hydrogen) atoms. The van der Waals surface area contributed by atoms with Gasteiger partial charge in [0.15, 0.2) is 0 Å². The van der Waals surface area contributed by atoms with Gasteiger partial charge in [0.25, 0.3) is 10.2 Å². The van der Waals surface area contributed by atoms with Crippen LogP contribution in [0.4, 0.5) is 0 Å². The SMILES string of the molecule is C=CCN(CC(=O)O)S(=O)(=O)NCC. The van der Waals surface area contributed by atoms with Crippen LogP contribution in [0.25, 0.3) is 0 Å². The van der Waals surface area contributed by atoms with E-state index in [-0.39, 0.29) is 13.1 Å². The first-order chi connectivity index (χ1) is 6.44. The van der Waals surface area contributed by atoms with Crippen molar-refractivity contribution in [2.75, 3.05) is 19.6 Å². The first-order valence-corrected chi connectivity index (χ1v) is 5.45. The molecule has 0 amide bonds. The Kier molecular flexibility index (Phi) is 5.36. The summed E-state index contributed by atoms with van der Waals surface area (Å²) in [5, 5.41) is 8.47. The van der Waals surface area contributed by atoms with E-state index >= 15 is 0 Å². The predicted molar refractivity (Wildman–Crippen MR) is 52.0 cm³/mol. The van der Waals surface area contributed by atoms with E-state index in [1.165, 1.54) is 6.08 Å². The highest BCUT2D eigenvalue weighted by Crippen LogP contribution is 1.97. The summed E-state index contributed by atoms with van der Waals surface area (Å²) in [6.45, 7) is 4.59. The molecule has 2 N–H and O–H groups in total. The van der Waals surface area contributed by atoms with Gasteiger partial charge < -0.3 is 5.11 Å². The van der Waals surface area contributed by atoms with Crippen LogP contribution >= 0.6 is 0 Å². The van der Waals surface area contributed by atoms with Gasteiger partial charge in [0.1, 0.15) is 6.54 Å². The van der Waals surface area contributed by atoms with Gasteiger partial charge in [-0.05, 0) is 0 Å². The molecule has 0 aromatic rings. The first kappa shape index (κ1) is 13.1. The molecule has 0 heterocycles. The van der Waals surface area contributed by atoms with Gasteiger partial charge in [-0.2, -0.15) is 12.7 Å². The molecular formula is C7H14N2O4S. The molecule has 0 saturated heterocycles. The predicted octanol–water partition coefficient (Wildman–Crippen LogP) is -0.587. The van der Waals surface area contributed by atoms with Crippen LogP contribution in [0.15, 0.2) is 12.7 Å². The molecule has 0 saturated carbocycles. The summed E-state index contributed by atoms with van der Waals surface area (Å²) < 4.78 is 25.7. The lowest BCUT2D eigenvalue weighted by molar-refractivity contribution is -0.137. The summed E-state index contributed by atoms with van der Waals surface area (Å²) in [5.74, 6) is -1.20. The van der Waals surface area contributed by atoms with Gasteiger partial charge in [0, 0.05) is 13.1 Å². The molecule has 0 fully saturated rings. The van der Waals surface area contributed by atoms with Gasteiger partial charge in [0.2, 0.25) is 0 Å². The molecule has 0 aliphatic rings. The van der Waals surface area contributed by atoms with Crippen LogP contribution < -0.4 is 4.72 Å². The molecule has 7 heteroatoms. The van der Waals surface area contributed by atoms with Gasteiger partial charge in [-0.25, -0.2) is 4.72 Å². The van der Waals surface area contributed by atoms with E-state index in [4.69, 9.17) is 5.11 Å². The van der Waals surface area contributed by atoms with Gasteiger partial charge in [-0.3, -0.25) is 4.79 Å². The Hall–Kier alpha value is -0.920. The van der Waals surface area contributed by atoms with Crippen molar-refractivity contribution in [1.82, 2.24) is 9.03 Å². The number of carboxylic acid groups (broad SMARTS) is 1. The summed E-state index contributed by atoms with van der Waals surface area (Å²) in [6, 6.07) is 0. The van der Waals surface area contributed by atoms with E-state index in [0.717, 1.165) is 4.31 Å². The van der Waals surface area contributed by atoms with Gasteiger partial charge in [-0.1, -0.05) is 13.0 Å². The Bertz CT molecular complexity index is 299. The number of hydrogen-bond acceptors (Lipinski definition) is 3. The van der Waals surface area contributed by atoms with Crippen molar-refractivity contribution in [2.45, 2.75) is 6.92 Å². The zero-order chi connectivity index (χ0) is 11.2. The minimum absolute atomic E-state index is 0.0262. The molecule has 6 nitrogen and oxygen atoms in total. The molecule has 0 unspecified atom stereocenters. The minimum Gasteiger partial charge on any atom is -0.480 e. The number of nitrogens with zero attached hydrogens (tertiary/aromatic N) is 1. The topological polar surface area (TPSA) is 86.7 Å². The second-order valence-electron chi connectivity index (χ2n) is 2.48. The molecule has 0 rings (SSSR count). The zero-order valence-corrected chi connectivity index (χ0v) is 8.75. The molecule has 0 aliphatic heterocycles. The van der Waals surface area contributed by atoms with Crippen molar-refractivity contribution in [3.8, 4) is 0 Å². The maximum Gasteiger partial charge on any atom is 0.318 e. The molecule has 82 valence electrons. The number of nitrogens with one attached hydrogen (secondary N) is 1. The maximum atomic E-state index is 11.4. The lowest BCUT2D eigenvalue weighted by Crippen LogP contribution is -2.43. The quantitative estimate of drug-likeness (QED) is 0.564. The Labute approximate surface area is 83.4 Å². The van der Waals surface area contributed by atoms with E-state index < -0.39 is 22.7 Å². The molecule has 0 aromatic carbocycles. The van der Waals surface area contributed by atoms with Crippen LogP contribution in [0, 0.1) is 0 Å². The lowest BCUT2D eigenvalue weighted by Gasteiger charge is -2.18. The van der Waals surface area contributed by atoms with Crippen LogP contribution in [0.1, 0.15) is 6.92 Å². The fourth-order valence-corrected chi connectivity index (χ4v) is 1.95. The van der Waals surface area contributed by atoms with Crippen LogP contribution in [-0.2, 0) is 15.0 Å². The molecule has 0 spiro atoms. The number of aliphatic carboxylic acids is 1. The standard InChI is InChI=1S/C7H14N2O4S/c1-3-5-9(6-7(10)11)14(12,13)8-4-2/h3,8H,1,4-6H2,2H3,(H,10,11). The van der Waals surface area contributed by atoms with Crippen molar-refractivity contribution in [1.29, 1.82) is 0 Å². The Morgan fingerprint density at radius 2 is 2.21 bits per heavy atom. The Morgan fingerprint density at radius 1 is 1.64 bits per heavy atom. The molecule has 0 atom stereocenters. The first-order valence-electron chi connectivity index (χ1n) is 4.01. The van der Waals surface area contributed by atoms with Gasteiger partial charge >= 0.3 is 5.97 Å². The van der Waals surface area contributed by atoms with Crippen LogP contribution in [0.5, 0.6) is 0 Å². The minimum atomic E-state index is -3.70. The highest BCUT2D eigenvalue weighted by molar-refractivity contribution is 7.87. The number of rotatable bonds is 7. The molecule has 0 aromatic heterocycles. The normalized spacial score (nSPS) is 11.6. The number of hydrogen-bond donors (Lipinski definition) is 2. The van der Waals surface area contributed by atoms with E-state index in [1.54, 1.807) is 6.92 Å². The second-order valence-corrected chi connectivity index (χ2v) is 4.23. The smallest absolute Gasteiger partial charge is 0.318 e. The third-order valence-corrected chi connectivity index (χ3v) is 2.92. The van der Waals surface area contributed by atoms with Crippen molar-refractivity contribution < 1.29 is 18.3 Å².